The van der Waals surface area contributed by atoms with E-state index in [4.69, 9.17) is 13.9 Å². The van der Waals surface area contributed by atoms with Crippen LogP contribution in [0.3, 0.4) is 0 Å². The molecule has 2 aliphatic rings. The van der Waals surface area contributed by atoms with Crippen LogP contribution in [0.4, 0.5) is 0 Å². The Balaban J connectivity index is 2.68. The minimum absolute atomic E-state index is 0.0272. The third kappa shape index (κ3) is 5.14. The highest BCUT2D eigenvalue weighted by Gasteiger charge is 2.59. The second-order valence-corrected chi connectivity index (χ2v) is 14.9. The molecule has 0 aromatic heterocycles. The second-order valence-electron chi connectivity index (χ2n) is 10.2. The maximum atomic E-state index is 11.3. The van der Waals surface area contributed by atoms with Crippen molar-refractivity contribution >= 4 is 14.3 Å². The molecule has 1 heterocycles. The average Bonchev–Trinajstić information content (AvgIpc) is 2.98. The van der Waals surface area contributed by atoms with Crippen LogP contribution in [-0.4, -0.2) is 43.0 Å². The Bertz CT molecular complexity index is 759. The molecule has 1 aliphatic heterocycles. The fourth-order valence-corrected chi connectivity index (χ4v) is 8.46. The fraction of sp³-hybridized carbons (Fsp3) is 0.731. The number of aliphatic carboxylic acids is 1. The van der Waals surface area contributed by atoms with Crippen molar-refractivity contribution in [2.24, 2.45) is 5.41 Å². The lowest BCUT2D eigenvalue weighted by atomic mass is 9.63. The normalized spacial score (nSPS) is 33.2. The average molecular weight is 465 g/mol. The minimum atomic E-state index is -2.01. The highest BCUT2D eigenvalue weighted by atomic mass is 28.4. The van der Waals surface area contributed by atoms with Gasteiger partial charge in [0.1, 0.15) is 5.60 Å². The van der Waals surface area contributed by atoms with Gasteiger partial charge in [-0.1, -0.05) is 47.6 Å². The molecule has 2 rings (SSSR count). The number of rotatable bonds is 9. The summed E-state index contributed by atoms with van der Waals surface area (Å²) in [5.41, 5.74) is 0.869. The van der Waals surface area contributed by atoms with Crippen LogP contribution in [0.25, 0.3) is 0 Å². The zero-order chi connectivity index (χ0) is 24.4. The highest BCUT2D eigenvalue weighted by molar-refractivity contribution is 6.73. The maximum absolute atomic E-state index is 11.3. The Hall–Kier alpha value is -1.21. The summed E-state index contributed by atoms with van der Waals surface area (Å²) >= 11 is 0. The number of carboxylic acid groups (broad SMARTS) is 1. The smallest absolute Gasteiger partial charge is 0.328 e. The van der Waals surface area contributed by atoms with Crippen molar-refractivity contribution in [3.05, 3.63) is 35.5 Å². The molecule has 0 aromatic carbocycles. The van der Waals surface area contributed by atoms with Gasteiger partial charge in [0, 0.05) is 17.9 Å². The van der Waals surface area contributed by atoms with Gasteiger partial charge in [-0.05, 0) is 68.6 Å². The van der Waals surface area contributed by atoms with Crippen LogP contribution in [-0.2, 0) is 18.7 Å². The number of hydrogen-bond donors (Lipinski definition) is 1. The summed E-state index contributed by atoms with van der Waals surface area (Å²) in [5.74, 6) is -1.67. The number of hydrogen-bond acceptors (Lipinski definition) is 4. The highest BCUT2D eigenvalue weighted by Crippen LogP contribution is 2.55. The van der Waals surface area contributed by atoms with Gasteiger partial charge in [0.05, 0.1) is 12.2 Å². The molecule has 182 valence electrons. The molecule has 1 spiro atoms. The zero-order valence-electron chi connectivity index (χ0n) is 21.6. The molecule has 32 heavy (non-hydrogen) atoms. The van der Waals surface area contributed by atoms with Crippen molar-refractivity contribution in [3.63, 3.8) is 0 Å². The molecule has 1 aliphatic carbocycles. The summed E-state index contributed by atoms with van der Waals surface area (Å²) in [6.07, 6.45) is 8.85. The van der Waals surface area contributed by atoms with E-state index in [2.05, 4.69) is 67.5 Å². The molecule has 3 unspecified atom stereocenters. The van der Waals surface area contributed by atoms with Crippen LogP contribution in [0, 0.1) is 5.41 Å². The number of carboxylic acids is 1. The summed E-state index contributed by atoms with van der Waals surface area (Å²) in [6, 6.07) is 3.12. The van der Waals surface area contributed by atoms with Gasteiger partial charge in [0.2, 0.25) is 0 Å². The second kappa shape index (κ2) is 9.96. The van der Waals surface area contributed by atoms with E-state index in [9.17, 15) is 9.90 Å². The van der Waals surface area contributed by atoms with Gasteiger partial charge >= 0.3 is 5.97 Å². The minimum Gasteiger partial charge on any atom is -0.478 e. The first-order chi connectivity index (χ1) is 14.8. The molecule has 3 atom stereocenters. The van der Waals surface area contributed by atoms with Crippen LogP contribution >= 0.6 is 0 Å². The fourth-order valence-electron chi connectivity index (χ4n) is 5.34. The van der Waals surface area contributed by atoms with Gasteiger partial charge in [0.25, 0.3) is 0 Å². The van der Waals surface area contributed by atoms with Gasteiger partial charge in [-0.2, -0.15) is 0 Å². The quantitative estimate of drug-likeness (QED) is 0.180. The molecule has 6 heteroatoms. The molecule has 0 radical (unpaired) electrons. The van der Waals surface area contributed by atoms with E-state index in [1.165, 1.54) is 6.08 Å². The predicted molar refractivity (Wildman–Crippen MR) is 132 cm³/mol. The van der Waals surface area contributed by atoms with Gasteiger partial charge in [-0.25, -0.2) is 4.79 Å². The summed E-state index contributed by atoms with van der Waals surface area (Å²) in [5, 5.41) is 9.28. The summed E-state index contributed by atoms with van der Waals surface area (Å²) < 4.78 is 20.0. The van der Waals surface area contributed by atoms with Gasteiger partial charge in [-0.15, -0.1) is 0 Å². The van der Waals surface area contributed by atoms with E-state index in [1.54, 1.807) is 0 Å². The Morgan fingerprint density at radius 1 is 1.16 bits per heavy atom. The van der Waals surface area contributed by atoms with E-state index >= 15 is 0 Å². The SMILES string of the molecule is CCC(=C/C(=O)O)/C=C/C1(O[Si](CC)(CC)CC)C(C)=CC2(CC1(C)C)OC(C)C(C)O2. The number of allylic oxidation sites excluding steroid dienone is 2. The topological polar surface area (TPSA) is 65.0 Å². The standard InChI is InChI=1S/C26H44O5Si/c1-10-22(16-23(27)28)14-15-26(31-32(11-2,12-3)13-4)19(5)17-25(18-24(26,8)9)29-20(6)21(7)30-25/h14-17,20-21H,10-13,18H2,1-9H3,(H,27,28)/b15-14+,22-16-. The van der Waals surface area contributed by atoms with E-state index in [-0.39, 0.29) is 17.6 Å². The predicted octanol–water partition coefficient (Wildman–Crippen LogP) is 6.62. The first kappa shape index (κ1) is 27.0. The number of carbonyl (C=O) groups is 1. The molecule has 5 nitrogen and oxygen atoms in total. The molecular formula is C26H44O5Si. The van der Waals surface area contributed by atoms with Gasteiger partial charge < -0.3 is 19.0 Å². The Morgan fingerprint density at radius 3 is 2.09 bits per heavy atom. The summed E-state index contributed by atoms with van der Waals surface area (Å²) in [4.78, 5) is 11.3. The van der Waals surface area contributed by atoms with Crippen LogP contribution in [0.5, 0.6) is 0 Å². The third-order valence-corrected chi connectivity index (χ3v) is 12.3. The molecule has 0 saturated carbocycles. The largest absolute Gasteiger partial charge is 0.478 e. The van der Waals surface area contributed by atoms with E-state index in [1.807, 2.05) is 13.0 Å². The summed E-state index contributed by atoms with van der Waals surface area (Å²) in [7, 11) is -2.01. The molecule has 1 saturated heterocycles. The zero-order valence-corrected chi connectivity index (χ0v) is 22.6. The molecule has 1 fully saturated rings. The monoisotopic (exact) mass is 464 g/mol. The molecular weight excluding hydrogens is 420 g/mol. The maximum Gasteiger partial charge on any atom is 0.328 e. The van der Waals surface area contributed by atoms with Crippen LogP contribution < -0.4 is 0 Å². The molecule has 0 amide bonds. The van der Waals surface area contributed by atoms with Gasteiger partial charge in [0.15, 0.2) is 14.1 Å². The van der Waals surface area contributed by atoms with E-state index in [0.29, 0.717) is 12.8 Å². The Morgan fingerprint density at radius 2 is 1.69 bits per heavy atom. The lowest BCUT2D eigenvalue weighted by molar-refractivity contribution is -0.181. The van der Waals surface area contributed by atoms with Crippen LogP contribution in [0.2, 0.25) is 18.1 Å². The molecule has 0 aromatic rings. The van der Waals surface area contributed by atoms with Crippen LogP contribution in [0.1, 0.15) is 75.2 Å². The van der Waals surface area contributed by atoms with E-state index < -0.39 is 25.7 Å². The lowest BCUT2D eigenvalue weighted by Crippen LogP contribution is -2.59. The van der Waals surface area contributed by atoms with Gasteiger partial charge in [-0.3, -0.25) is 0 Å². The first-order valence-electron chi connectivity index (χ1n) is 12.2. The first-order valence-corrected chi connectivity index (χ1v) is 14.7. The van der Waals surface area contributed by atoms with Crippen molar-refractivity contribution in [3.8, 4) is 0 Å². The van der Waals surface area contributed by atoms with Crippen molar-refractivity contribution in [2.45, 2.75) is 117 Å². The van der Waals surface area contributed by atoms with Crippen molar-refractivity contribution < 1.29 is 23.8 Å². The third-order valence-electron chi connectivity index (χ3n) is 7.71. The Labute approximate surface area is 196 Å². The van der Waals surface area contributed by atoms with E-state index in [0.717, 1.165) is 29.3 Å². The van der Waals surface area contributed by atoms with Crippen molar-refractivity contribution in [2.75, 3.05) is 0 Å². The van der Waals surface area contributed by atoms with Crippen molar-refractivity contribution in [1.82, 2.24) is 0 Å². The van der Waals surface area contributed by atoms with Crippen LogP contribution in [0.15, 0.2) is 35.5 Å². The lowest BCUT2D eigenvalue weighted by Gasteiger charge is -2.55. The molecule has 1 N–H and O–H groups in total. The van der Waals surface area contributed by atoms with Crippen molar-refractivity contribution in [1.29, 1.82) is 0 Å². The molecule has 0 bridgehead atoms. The Kier molecular flexibility index (Phi) is 8.41. The summed E-state index contributed by atoms with van der Waals surface area (Å²) in [6.45, 7) is 19.4. The number of ether oxygens (including phenoxy) is 2.